The summed E-state index contributed by atoms with van der Waals surface area (Å²) in [5.74, 6) is 1.31. The molecule has 3 unspecified atom stereocenters. The van der Waals surface area contributed by atoms with Crippen molar-refractivity contribution in [2.24, 2.45) is 5.92 Å². The summed E-state index contributed by atoms with van der Waals surface area (Å²) in [6.07, 6.45) is 2.06. The first-order chi connectivity index (χ1) is 9.15. The van der Waals surface area contributed by atoms with Gasteiger partial charge in [-0.3, -0.25) is 0 Å². The highest BCUT2D eigenvalue weighted by atomic mass is 16.5. The van der Waals surface area contributed by atoms with Gasteiger partial charge in [0.15, 0.2) is 0 Å². The van der Waals surface area contributed by atoms with E-state index in [-0.39, 0.29) is 12.5 Å². The lowest BCUT2D eigenvalue weighted by molar-refractivity contribution is 0.200. The summed E-state index contributed by atoms with van der Waals surface area (Å²) in [5, 5.41) is 12.9. The van der Waals surface area contributed by atoms with Gasteiger partial charge < -0.3 is 15.2 Å². The molecule has 1 aliphatic rings. The first-order valence-electron chi connectivity index (χ1n) is 7.28. The summed E-state index contributed by atoms with van der Waals surface area (Å²) < 4.78 is 5.55. The third-order valence-corrected chi connectivity index (χ3v) is 4.13. The number of aliphatic hydroxyl groups excluding tert-OH is 1. The highest BCUT2D eigenvalue weighted by Crippen LogP contribution is 2.29. The normalized spacial score (nSPS) is 18.5. The van der Waals surface area contributed by atoms with Crippen molar-refractivity contribution >= 4 is 0 Å². The number of nitrogens with one attached hydrogen (secondary N) is 1. The first-order valence-corrected chi connectivity index (χ1v) is 7.28. The molecular formula is C16H25NO2. The predicted octanol–water partition coefficient (Wildman–Crippen LogP) is 2.68. The monoisotopic (exact) mass is 263 g/mol. The molecule has 3 nitrogen and oxygen atoms in total. The summed E-state index contributed by atoms with van der Waals surface area (Å²) in [4.78, 5) is 0. The molecule has 3 heteroatoms. The third-order valence-electron chi connectivity index (χ3n) is 4.13. The summed E-state index contributed by atoms with van der Waals surface area (Å²) in [6.45, 7) is 7.43. The molecule has 3 atom stereocenters. The molecule has 0 amide bonds. The molecule has 0 saturated heterocycles. The second-order valence-electron chi connectivity index (χ2n) is 5.54. The zero-order valence-electron chi connectivity index (χ0n) is 12.1. The number of aliphatic hydroxyl groups is 1. The molecule has 0 radical (unpaired) electrons. The number of hydrogen-bond donors (Lipinski definition) is 2. The average Bonchev–Trinajstić information content (AvgIpc) is 2.90. The molecule has 1 aromatic rings. The molecule has 0 saturated carbocycles. The Bertz CT molecular complexity index is 419. The van der Waals surface area contributed by atoms with Crippen molar-refractivity contribution in [3.05, 3.63) is 29.3 Å². The molecule has 1 aliphatic heterocycles. The van der Waals surface area contributed by atoms with Crippen LogP contribution in [-0.2, 0) is 6.42 Å². The lowest BCUT2D eigenvalue weighted by Crippen LogP contribution is -2.36. The zero-order valence-corrected chi connectivity index (χ0v) is 12.1. The topological polar surface area (TPSA) is 41.5 Å². The molecule has 0 aliphatic carbocycles. The van der Waals surface area contributed by atoms with Crippen LogP contribution >= 0.6 is 0 Å². The van der Waals surface area contributed by atoms with Gasteiger partial charge in [-0.05, 0) is 36.5 Å². The maximum absolute atomic E-state index is 9.23. The smallest absolute Gasteiger partial charge is 0.122 e. The molecule has 2 rings (SSSR count). The van der Waals surface area contributed by atoms with Crippen molar-refractivity contribution in [3.8, 4) is 5.75 Å². The third kappa shape index (κ3) is 3.28. The fourth-order valence-electron chi connectivity index (χ4n) is 2.51. The maximum Gasteiger partial charge on any atom is 0.122 e. The van der Waals surface area contributed by atoms with Crippen LogP contribution in [0.25, 0.3) is 0 Å². The van der Waals surface area contributed by atoms with Crippen molar-refractivity contribution in [2.45, 2.75) is 45.7 Å². The van der Waals surface area contributed by atoms with Gasteiger partial charge in [-0.1, -0.05) is 26.0 Å². The second-order valence-corrected chi connectivity index (χ2v) is 5.54. The van der Waals surface area contributed by atoms with Gasteiger partial charge in [0.25, 0.3) is 0 Å². The first kappa shape index (κ1) is 14.4. The van der Waals surface area contributed by atoms with E-state index in [1.165, 1.54) is 11.1 Å². The van der Waals surface area contributed by atoms with E-state index in [1.807, 2.05) is 0 Å². The van der Waals surface area contributed by atoms with Gasteiger partial charge in [-0.2, -0.15) is 0 Å². The quantitative estimate of drug-likeness (QED) is 0.829. The van der Waals surface area contributed by atoms with E-state index in [2.05, 4.69) is 44.3 Å². The van der Waals surface area contributed by atoms with Crippen LogP contribution in [0.15, 0.2) is 18.2 Å². The van der Waals surface area contributed by atoms with E-state index in [0.717, 1.165) is 25.2 Å². The van der Waals surface area contributed by atoms with Gasteiger partial charge >= 0.3 is 0 Å². The summed E-state index contributed by atoms with van der Waals surface area (Å²) in [7, 11) is 0. The van der Waals surface area contributed by atoms with Gasteiger partial charge in [-0.15, -0.1) is 0 Å². The molecule has 0 fully saturated rings. The molecule has 19 heavy (non-hydrogen) atoms. The van der Waals surface area contributed by atoms with Gasteiger partial charge in [-0.25, -0.2) is 0 Å². The Labute approximate surface area is 116 Å². The van der Waals surface area contributed by atoms with E-state index >= 15 is 0 Å². The summed E-state index contributed by atoms with van der Waals surface area (Å²) in [5.41, 5.74) is 2.64. The van der Waals surface area contributed by atoms with Gasteiger partial charge in [0.2, 0.25) is 0 Å². The Morgan fingerprint density at radius 2 is 2.16 bits per heavy atom. The SMILES string of the molecule is CCC(NC(C)C(C)CO)c1ccc2c(c1)CCO2. The van der Waals surface area contributed by atoms with Gasteiger partial charge in [0, 0.05) is 25.1 Å². The summed E-state index contributed by atoms with van der Waals surface area (Å²) in [6, 6.07) is 7.15. The highest BCUT2D eigenvalue weighted by molar-refractivity contribution is 5.40. The van der Waals surface area contributed by atoms with E-state index < -0.39 is 0 Å². The molecule has 0 bridgehead atoms. The lowest BCUT2D eigenvalue weighted by Gasteiger charge is -2.26. The van der Waals surface area contributed by atoms with Crippen LogP contribution in [0.5, 0.6) is 5.75 Å². The van der Waals surface area contributed by atoms with Crippen LogP contribution in [0.2, 0.25) is 0 Å². The Hall–Kier alpha value is -1.06. The number of fused-ring (bicyclic) bond motifs is 1. The lowest BCUT2D eigenvalue weighted by atomic mass is 9.97. The second kappa shape index (κ2) is 6.40. The van der Waals surface area contributed by atoms with E-state index in [9.17, 15) is 5.11 Å². The van der Waals surface area contributed by atoms with Crippen LogP contribution in [0, 0.1) is 5.92 Å². The Kier molecular flexibility index (Phi) is 4.83. The Morgan fingerprint density at radius 3 is 2.84 bits per heavy atom. The van der Waals surface area contributed by atoms with Crippen molar-refractivity contribution < 1.29 is 9.84 Å². The number of ether oxygens (including phenoxy) is 1. The predicted molar refractivity (Wildman–Crippen MR) is 77.5 cm³/mol. The van der Waals surface area contributed by atoms with E-state index in [1.54, 1.807) is 0 Å². The molecular weight excluding hydrogens is 238 g/mol. The molecule has 0 spiro atoms. The molecule has 106 valence electrons. The number of benzene rings is 1. The maximum atomic E-state index is 9.23. The minimum Gasteiger partial charge on any atom is -0.493 e. The van der Waals surface area contributed by atoms with Gasteiger partial charge in [0.1, 0.15) is 5.75 Å². The van der Waals surface area contributed by atoms with E-state index in [4.69, 9.17) is 4.74 Å². The number of rotatable bonds is 6. The van der Waals surface area contributed by atoms with Crippen LogP contribution < -0.4 is 10.1 Å². The fraction of sp³-hybridized carbons (Fsp3) is 0.625. The van der Waals surface area contributed by atoms with Crippen LogP contribution in [0.4, 0.5) is 0 Å². The number of hydrogen-bond acceptors (Lipinski definition) is 3. The van der Waals surface area contributed by atoms with Crippen LogP contribution in [0.1, 0.15) is 44.4 Å². The minimum absolute atomic E-state index is 0.225. The van der Waals surface area contributed by atoms with Crippen molar-refractivity contribution in [3.63, 3.8) is 0 Å². The molecule has 2 N–H and O–H groups in total. The van der Waals surface area contributed by atoms with Gasteiger partial charge in [0.05, 0.1) is 6.61 Å². The van der Waals surface area contributed by atoms with Crippen molar-refractivity contribution in [1.82, 2.24) is 5.32 Å². The zero-order chi connectivity index (χ0) is 13.8. The fourth-order valence-corrected chi connectivity index (χ4v) is 2.51. The Balaban J connectivity index is 2.09. The average molecular weight is 263 g/mol. The van der Waals surface area contributed by atoms with E-state index in [0.29, 0.717) is 12.1 Å². The minimum atomic E-state index is 0.225. The largest absolute Gasteiger partial charge is 0.493 e. The standard InChI is InChI=1S/C16H25NO2/c1-4-15(17-12(3)11(2)10-18)13-5-6-16-14(9-13)7-8-19-16/h5-6,9,11-12,15,17-18H,4,7-8,10H2,1-3H3. The van der Waals surface area contributed by atoms with Crippen molar-refractivity contribution in [1.29, 1.82) is 0 Å². The Morgan fingerprint density at radius 1 is 1.37 bits per heavy atom. The van der Waals surface area contributed by atoms with Crippen LogP contribution in [-0.4, -0.2) is 24.4 Å². The highest BCUT2D eigenvalue weighted by Gasteiger charge is 2.19. The molecule has 1 aromatic carbocycles. The van der Waals surface area contributed by atoms with Crippen molar-refractivity contribution in [2.75, 3.05) is 13.2 Å². The van der Waals surface area contributed by atoms with Crippen LogP contribution in [0.3, 0.4) is 0 Å². The molecule has 0 aromatic heterocycles. The molecule has 1 heterocycles. The summed E-state index contributed by atoms with van der Waals surface area (Å²) >= 11 is 0.